The Bertz CT molecular complexity index is 1030. The van der Waals surface area contributed by atoms with E-state index in [1.807, 2.05) is 0 Å². The fourth-order valence-corrected chi connectivity index (χ4v) is 4.82. The molecule has 2 rings (SSSR count). The first-order chi connectivity index (χ1) is 13.0. The van der Waals surface area contributed by atoms with Crippen LogP contribution in [-0.4, -0.2) is 37.1 Å². The van der Waals surface area contributed by atoms with Gasteiger partial charge in [-0.3, -0.25) is 9.10 Å². The standard InChI is InChI=1S/C17H14Cl3NO6S/c18-10-3-5-14(20)15(8-10)28(26,27)21(7-1-2-16(22)23)11-4-6-13(19)12(9-11)17(24)25/h3-6,8-9H,1-2,7H2,(H,22,23)(H,24,25). The lowest BCUT2D eigenvalue weighted by molar-refractivity contribution is -0.137. The van der Waals surface area contributed by atoms with Crippen molar-refractivity contribution < 1.29 is 28.2 Å². The van der Waals surface area contributed by atoms with Gasteiger partial charge in [0.15, 0.2) is 0 Å². The second-order valence-corrected chi connectivity index (χ2v) is 8.70. The highest BCUT2D eigenvalue weighted by Crippen LogP contribution is 2.32. The number of aromatic carboxylic acids is 1. The van der Waals surface area contributed by atoms with Crippen molar-refractivity contribution in [2.75, 3.05) is 10.8 Å². The average molecular weight is 467 g/mol. The molecule has 0 amide bonds. The van der Waals surface area contributed by atoms with E-state index in [-0.39, 0.29) is 50.6 Å². The van der Waals surface area contributed by atoms with Crippen molar-refractivity contribution in [3.05, 3.63) is 57.0 Å². The third-order valence-electron chi connectivity index (χ3n) is 3.68. The second kappa shape index (κ2) is 9.00. The van der Waals surface area contributed by atoms with Gasteiger partial charge in [-0.1, -0.05) is 34.8 Å². The van der Waals surface area contributed by atoms with Gasteiger partial charge in [0.05, 0.1) is 21.3 Å². The van der Waals surface area contributed by atoms with Gasteiger partial charge < -0.3 is 10.2 Å². The van der Waals surface area contributed by atoms with Crippen molar-refractivity contribution in [1.29, 1.82) is 0 Å². The summed E-state index contributed by atoms with van der Waals surface area (Å²) in [5.74, 6) is -2.43. The molecular weight excluding hydrogens is 453 g/mol. The highest BCUT2D eigenvalue weighted by atomic mass is 35.5. The van der Waals surface area contributed by atoms with Gasteiger partial charge in [-0.25, -0.2) is 13.2 Å². The van der Waals surface area contributed by atoms with E-state index >= 15 is 0 Å². The normalized spacial score (nSPS) is 11.2. The Kier molecular flexibility index (Phi) is 7.16. The maximum atomic E-state index is 13.2. The number of carboxylic acid groups (broad SMARTS) is 2. The van der Waals surface area contributed by atoms with Gasteiger partial charge in [-0.15, -0.1) is 0 Å². The molecule has 2 N–H and O–H groups in total. The average Bonchev–Trinajstić information content (AvgIpc) is 2.60. The topological polar surface area (TPSA) is 112 Å². The van der Waals surface area contributed by atoms with Crippen molar-refractivity contribution in [3.8, 4) is 0 Å². The van der Waals surface area contributed by atoms with Crippen molar-refractivity contribution in [2.24, 2.45) is 0 Å². The summed E-state index contributed by atoms with van der Waals surface area (Å²) >= 11 is 17.8. The van der Waals surface area contributed by atoms with Crippen LogP contribution in [0.3, 0.4) is 0 Å². The molecule has 0 radical (unpaired) electrons. The second-order valence-electron chi connectivity index (χ2n) is 5.62. The quantitative estimate of drug-likeness (QED) is 0.596. The number of aliphatic carboxylic acids is 1. The zero-order valence-electron chi connectivity index (χ0n) is 14.1. The van der Waals surface area contributed by atoms with Crippen LogP contribution in [0.2, 0.25) is 15.1 Å². The molecule has 2 aromatic rings. The minimum Gasteiger partial charge on any atom is -0.481 e. The molecule has 7 nitrogen and oxygen atoms in total. The molecule has 2 aromatic carbocycles. The van der Waals surface area contributed by atoms with E-state index in [1.54, 1.807) is 0 Å². The van der Waals surface area contributed by atoms with Gasteiger partial charge in [0, 0.05) is 18.0 Å². The number of hydrogen-bond donors (Lipinski definition) is 2. The van der Waals surface area contributed by atoms with Gasteiger partial charge in [-0.05, 0) is 42.8 Å². The first-order valence-corrected chi connectivity index (χ1v) is 10.3. The summed E-state index contributed by atoms with van der Waals surface area (Å²) in [7, 11) is -4.27. The van der Waals surface area contributed by atoms with Gasteiger partial charge >= 0.3 is 11.9 Å². The summed E-state index contributed by atoms with van der Waals surface area (Å²) < 4.78 is 27.3. The van der Waals surface area contributed by atoms with Crippen LogP contribution in [-0.2, 0) is 14.8 Å². The predicted octanol–water partition coefficient (Wildman–Crippen LogP) is 4.41. The maximum absolute atomic E-state index is 13.2. The fraction of sp³-hybridized carbons (Fsp3) is 0.176. The number of anilines is 1. The number of hydrogen-bond acceptors (Lipinski definition) is 4. The third kappa shape index (κ3) is 5.08. The monoisotopic (exact) mass is 465 g/mol. The van der Waals surface area contributed by atoms with E-state index in [0.29, 0.717) is 0 Å². The van der Waals surface area contributed by atoms with Crippen LogP contribution in [0.25, 0.3) is 0 Å². The Morgan fingerprint density at radius 2 is 1.61 bits per heavy atom. The van der Waals surface area contributed by atoms with Gasteiger partial charge in [0.2, 0.25) is 0 Å². The molecule has 0 aromatic heterocycles. The molecule has 0 fully saturated rings. The van der Waals surface area contributed by atoms with Gasteiger partial charge in [0.1, 0.15) is 4.90 Å². The Morgan fingerprint density at radius 3 is 2.21 bits per heavy atom. The van der Waals surface area contributed by atoms with E-state index in [0.717, 1.165) is 16.4 Å². The summed E-state index contributed by atoms with van der Waals surface area (Å²) in [5, 5.41) is 18.1. The fourth-order valence-electron chi connectivity index (χ4n) is 2.39. The summed E-state index contributed by atoms with van der Waals surface area (Å²) in [5.41, 5.74) is -0.293. The zero-order chi connectivity index (χ0) is 21.1. The van der Waals surface area contributed by atoms with Crippen LogP contribution in [0.5, 0.6) is 0 Å². The molecule has 11 heteroatoms. The van der Waals surface area contributed by atoms with E-state index < -0.39 is 22.0 Å². The van der Waals surface area contributed by atoms with E-state index in [1.165, 1.54) is 24.3 Å². The highest BCUT2D eigenvalue weighted by molar-refractivity contribution is 7.93. The maximum Gasteiger partial charge on any atom is 0.337 e. The van der Waals surface area contributed by atoms with Crippen molar-refractivity contribution in [3.63, 3.8) is 0 Å². The molecule has 150 valence electrons. The minimum atomic E-state index is -4.27. The molecule has 0 heterocycles. The summed E-state index contributed by atoms with van der Waals surface area (Å²) in [6, 6.07) is 7.57. The summed E-state index contributed by atoms with van der Waals surface area (Å²) in [6.07, 6.45) is -0.299. The van der Waals surface area contributed by atoms with Crippen LogP contribution < -0.4 is 4.31 Å². The SMILES string of the molecule is O=C(O)CCCN(c1ccc(Cl)c(C(=O)O)c1)S(=O)(=O)c1cc(Cl)ccc1Cl. The molecule has 0 aliphatic heterocycles. The van der Waals surface area contributed by atoms with Crippen LogP contribution in [0, 0.1) is 0 Å². The predicted molar refractivity (Wildman–Crippen MR) is 106 cm³/mol. The molecule has 0 aliphatic rings. The Hall–Kier alpha value is -2.00. The molecular formula is C17H14Cl3NO6S. The smallest absolute Gasteiger partial charge is 0.337 e. The van der Waals surface area contributed by atoms with E-state index in [4.69, 9.17) is 39.9 Å². The molecule has 0 bridgehead atoms. The van der Waals surface area contributed by atoms with Crippen LogP contribution in [0.4, 0.5) is 5.69 Å². The third-order valence-corrected chi connectivity index (χ3v) is 6.56. The lowest BCUT2D eigenvalue weighted by atomic mass is 10.2. The van der Waals surface area contributed by atoms with Gasteiger partial charge in [0.25, 0.3) is 10.0 Å². The molecule has 0 atom stereocenters. The zero-order valence-corrected chi connectivity index (χ0v) is 17.2. The molecule has 28 heavy (non-hydrogen) atoms. The molecule has 0 saturated carbocycles. The number of carboxylic acids is 2. The van der Waals surface area contributed by atoms with Crippen molar-refractivity contribution in [1.82, 2.24) is 0 Å². The molecule has 0 aliphatic carbocycles. The van der Waals surface area contributed by atoms with E-state index in [2.05, 4.69) is 0 Å². The van der Waals surface area contributed by atoms with Crippen molar-refractivity contribution >= 4 is 62.5 Å². The van der Waals surface area contributed by atoms with Crippen LogP contribution in [0.15, 0.2) is 41.3 Å². The number of rotatable bonds is 8. The highest BCUT2D eigenvalue weighted by Gasteiger charge is 2.28. The van der Waals surface area contributed by atoms with Gasteiger partial charge in [-0.2, -0.15) is 0 Å². The number of benzene rings is 2. The lowest BCUT2D eigenvalue weighted by Gasteiger charge is -2.25. The van der Waals surface area contributed by atoms with Crippen LogP contribution in [0.1, 0.15) is 23.2 Å². The Balaban J connectivity index is 2.59. The summed E-state index contributed by atoms with van der Waals surface area (Å²) in [4.78, 5) is 21.9. The molecule has 0 unspecified atom stereocenters. The number of halogens is 3. The van der Waals surface area contributed by atoms with Crippen molar-refractivity contribution in [2.45, 2.75) is 17.7 Å². The summed E-state index contributed by atoms with van der Waals surface area (Å²) in [6.45, 7) is -0.224. The number of carbonyl (C=O) groups is 2. The van der Waals surface area contributed by atoms with Crippen LogP contribution >= 0.6 is 34.8 Å². The Morgan fingerprint density at radius 1 is 0.964 bits per heavy atom. The molecule has 0 saturated heterocycles. The number of sulfonamides is 1. The molecule has 0 spiro atoms. The first-order valence-electron chi connectivity index (χ1n) is 7.76. The number of nitrogens with zero attached hydrogens (tertiary/aromatic N) is 1. The minimum absolute atomic E-state index is 0.00299. The largest absolute Gasteiger partial charge is 0.481 e. The van der Waals surface area contributed by atoms with E-state index in [9.17, 15) is 23.1 Å². The lowest BCUT2D eigenvalue weighted by Crippen LogP contribution is -2.32. The first kappa shape index (κ1) is 22.3. The Labute approximate surface area is 176 Å².